The van der Waals surface area contributed by atoms with E-state index in [9.17, 15) is 19.0 Å². The summed E-state index contributed by atoms with van der Waals surface area (Å²) in [6.45, 7) is 3.51. The Labute approximate surface area is 402 Å². The maximum absolute atomic E-state index is 12.6. The normalized spacial score (nSPS) is 14.2. The lowest BCUT2D eigenvalue weighted by molar-refractivity contribution is -0.161. The summed E-state index contributed by atoms with van der Waals surface area (Å²) in [4.78, 5) is 34.7. The van der Waals surface area contributed by atoms with Crippen LogP contribution in [0.5, 0.6) is 0 Å². The zero-order chi connectivity index (χ0) is 48.1. The van der Waals surface area contributed by atoms with Gasteiger partial charge in [-0.2, -0.15) is 0 Å². The van der Waals surface area contributed by atoms with Crippen molar-refractivity contribution in [2.45, 2.75) is 193 Å². The van der Waals surface area contributed by atoms with Gasteiger partial charge in [0.15, 0.2) is 6.10 Å². The lowest BCUT2D eigenvalue weighted by Crippen LogP contribution is -2.29. The Kier molecular flexibility index (Phi) is 48.1. The molecule has 0 aliphatic rings. The Morgan fingerprint density at radius 1 is 0.470 bits per heavy atom. The fourth-order valence-corrected chi connectivity index (χ4v) is 7.13. The Hall–Kier alpha value is -3.59. The second-order valence-corrected chi connectivity index (χ2v) is 17.8. The van der Waals surface area contributed by atoms with Crippen molar-refractivity contribution in [1.29, 1.82) is 0 Å². The third-order valence-electron chi connectivity index (χ3n) is 10.1. The molecule has 0 heterocycles. The molecule has 0 rings (SSSR count). The molecule has 10 heteroatoms. The molecule has 374 valence electrons. The van der Waals surface area contributed by atoms with Gasteiger partial charge in [-0.25, -0.2) is 4.57 Å². The minimum absolute atomic E-state index is 0.0470. The number of rotatable bonds is 46. The lowest BCUT2D eigenvalue weighted by Gasteiger charge is -2.19. The van der Waals surface area contributed by atoms with E-state index in [1.54, 1.807) is 0 Å². The van der Waals surface area contributed by atoms with Gasteiger partial charge in [0.1, 0.15) is 6.61 Å². The number of hydrogen-bond donors (Lipinski definition) is 2. The third kappa shape index (κ3) is 49.8. The van der Waals surface area contributed by atoms with Crippen molar-refractivity contribution < 1.29 is 37.6 Å². The van der Waals surface area contributed by atoms with Crippen molar-refractivity contribution >= 4 is 19.8 Å². The Bertz CT molecular complexity index is 1490. The van der Waals surface area contributed by atoms with E-state index < -0.39 is 32.5 Å². The molecule has 0 amide bonds. The first-order valence-corrected chi connectivity index (χ1v) is 27.0. The molecule has 0 aliphatic heterocycles. The van der Waals surface area contributed by atoms with E-state index in [-0.39, 0.29) is 32.6 Å². The first-order valence-electron chi connectivity index (χ1n) is 25.5. The smallest absolute Gasteiger partial charge is 0.462 e. The molecule has 3 N–H and O–H groups in total. The number of phosphoric ester groups is 1. The Morgan fingerprint density at radius 2 is 0.833 bits per heavy atom. The van der Waals surface area contributed by atoms with Crippen LogP contribution in [0.3, 0.4) is 0 Å². The number of unbranched alkanes of at least 4 members (excludes halogenated alkanes) is 13. The molecule has 2 atom stereocenters. The van der Waals surface area contributed by atoms with Gasteiger partial charge in [-0.3, -0.25) is 18.6 Å². The zero-order valence-electron chi connectivity index (χ0n) is 41.4. The lowest BCUT2D eigenvalue weighted by atomic mass is 10.1. The summed E-state index contributed by atoms with van der Waals surface area (Å²) in [6.07, 6.45) is 70.1. The molecule has 2 unspecified atom stereocenters. The monoisotopic (exact) mass is 938 g/mol. The highest BCUT2D eigenvalue weighted by molar-refractivity contribution is 7.47. The third-order valence-corrected chi connectivity index (χ3v) is 11.1. The van der Waals surface area contributed by atoms with Crippen molar-refractivity contribution in [3.8, 4) is 0 Å². The highest BCUT2D eigenvalue weighted by atomic mass is 31.2. The first-order chi connectivity index (χ1) is 32.3. The molecule has 66 heavy (non-hydrogen) atoms. The van der Waals surface area contributed by atoms with Gasteiger partial charge in [0.2, 0.25) is 0 Å². The molecular formula is C56H92NO8P. The summed E-state index contributed by atoms with van der Waals surface area (Å²) >= 11 is 0. The molecule has 0 fully saturated rings. The average Bonchev–Trinajstić information content (AvgIpc) is 3.31. The van der Waals surface area contributed by atoms with Crippen LogP contribution in [0.25, 0.3) is 0 Å². The maximum atomic E-state index is 12.6. The van der Waals surface area contributed by atoms with Crippen LogP contribution in [0, 0.1) is 0 Å². The van der Waals surface area contributed by atoms with Gasteiger partial charge < -0.3 is 20.1 Å². The van der Waals surface area contributed by atoms with Gasteiger partial charge in [0.25, 0.3) is 0 Å². The van der Waals surface area contributed by atoms with Crippen molar-refractivity contribution in [3.05, 3.63) is 122 Å². The van der Waals surface area contributed by atoms with Crippen LogP contribution in [0.15, 0.2) is 122 Å². The van der Waals surface area contributed by atoms with Crippen molar-refractivity contribution in [2.75, 3.05) is 26.4 Å². The van der Waals surface area contributed by atoms with Crippen LogP contribution in [0.1, 0.15) is 187 Å². The van der Waals surface area contributed by atoms with Gasteiger partial charge in [-0.1, -0.05) is 206 Å². The van der Waals surface area contributed by atoms with Gasteiger partial charge in [0.05, 0.1) is 13.2 Å². The Balaban J connectivity index is 3.91. The van der Waals surface area contributed by atoms with Gasteiger partial charge in [0, 0.05) is 19.4 Å². The summed E-state index contributed by atoms with van der Waals surface area (Å²) in [5.74, 6) is -0.857. The molecule has 0 aromatic carbocycles. The molecule has 0 radical (unpaired) electrons. The minimum Gasteiger partial charge on any atom is -0.462 e. The number of phosphoric acid groups is 1. The summed E-state index contributed by atoms with van der Waals surface area (Å²) in [6, 6.07) is 0. The van der Waals surface area contributed by atoms with E-state index in [0.29, 0.717) is 6.42 Å². The van der Waals surface area contributed by atoms with Crippen LogP contribution in [-0.4, -0.2) is 49.3 Å². The van der Waals surface area contributed by atoms with E-state index in [1.807, 2.05) is 0 Å². The second kappa shape index (κ2) is 50.8. The molecule has 0 saturated heterocycles. The predicted molar refractivity (Wildman–Crippen MR) is 279 cm³/mol. The van der Waals surface area contributed by atoms with Crippen LogP contribution in [0.4, 0.5) is 0 Å². The topological polar surface area (TPSA) is 134 Å². The molecule has 0 bridgehead atoms. The van der Waals surface area contributed by atoms with E-state index in [2.05, 4.69) is 135 Å². The van der Waals surface area contributed by atoms with Crippen LogP contribution >= 0.6 is 7.82 Å². The number of esters is 2. The van der Waals surface area contributed by atoms with Gasteiger partial charge in [-0.05, 0) is 89.9 Å². The molecule has 9 nitrogen and oxygen atoms in total. The van der Waals surface area contributed by atoms with E-state index >= 15 is 0 Å². The highest BCUT2D eigenvalue weighted by Crippen LogP contribution is 2.43. The van der Waals surface area contributed by atoms with Gasteiger partial charge >= 0.3 is 19.8 Å². The molecule has 0 spiro atoms. The number of hydrogen-bond acceptors (Lipinski definition) is 8. The zero-order valence-corrected chi connectivity index (χ0v) is 42.3. The van der Waals surface area contributed by atoms with Crippen molar-refractivity contribution in [1.82, 2.24) is 0 Å². The first kappa shape index (κ1) is 62.4. The fourth-order valence-electron chi connectivity index (χ4n) is 6.37. The van der Waals surface area contributed by atoms with Crippen molar-refractivity contribution in [3.63, 3.8) is 0 Å². The summed E-state index contributed by atoms with van der Waals surface area (Å²) in [7, 11) is -4.38. The quantitative estimate of drug-likeness (QED) is 0.0265. The second-order valence-electron chi connectivity index (χ2n) is 16.3. The number of carbonyl (C=O) groups excluding carboxylic acids is 2. The number of carbonyl (C=O) groups is 2. The molecule has 0 aliphatic carbocycles. The van der Waals surface area contributed by atoms with E-state index in [4.69, 9.17) is 24.3 Å². The van der Waals surface area contributed by atoms with Crippen LogP contribution < -0.4 is 5.73 Å². The van der Waals surface area contributed by atoms with Gasteiger partial charge in [-0.15, -0.1) is 0 Å². The molecule has 0 aromatic heterocycles. The fraction of sp³-hybridized carbons (Fsp3) is 0.607. The molecular weight excluding hydrogens is 846 g/mol. The van der Waals surface area contributed by atoms with Crippen LogP contribution in [-0.2, 0) is 32.7 Å². The Morgan fingerprint density at radius 3 is 1.24 bits per heavy atom. The van der Waals surface area contributed by atoms with Crippen molar-refractivity contribution in [2.24, 2.45) is 5.73 Å². The number of allylic oxidation sites excluding steroid dienone is 20. The highest BCUT2D eigenvalue weighted by Gasteiger charge is 2.26. The van der Waals surface area contributed by atoms with Crippen LogP contribution in [0.2, 0.25) is 0 Å². The average molecular weight is 938 g/mol. The molecule has 0 saturated carbocycles. The maximum Gasteiger partial charge on any atom is 0.472 e. The number of ether oxygens (including phenoxy) is 2. The number of nitrogens with two attached hydrogens (primary N) is 1. The van der Waals surface area contributed by atoms with E-state index in [1.165, 1.54) is 32.1 Å². The summed E-state index contributed by atoms with van der Waals surface area (Å²) < 4.78 is 32.6. The molecule has 0 aromatic rings. The predicted octanol–water partition coefficient (Wildman–Crippen LogP) is 15.7. The summed E-state index contributed by atoms with van der Waals surface area (Å²) in [5.41, 5.74) is 5.34. The summed E-state index contributed by atoms with van der Waals surface area (Å²) in [5, 5.41) is 0. The SMILES string of the molecule is CC/C=C\C/C=C\C/C=C\C/C=C\C/C=C\C/C=C\C/C=C\C/C=C\C/C=C\C/C=C\CCCCCCCCCCC(=O)OC(COC(=O)CCCCCCCC)COP(=O)(O)OCCN. The largest absolute Gasteiger partial charge is 0.472 e. The minimum atomic E-state index is -4.38. The van der Waals surface area contributed by atoms with E-state index in [0.717, 1.165) is 122 Å². The standard InChI is InChI=1S/C56H92NO8P/c1-3-5-7-9-11-12-13-14-15-16-17-18-19-20-21-22-23-24-25-26-27-28-29-30-31-32-33-34-35-36-37-38-39-40-41-42-43-45-47-49-56(59)65-54(53-64-66(60,61)63-51-50-57)52-62-55(58)48-46-44-10-8-6-4-2/h5,7,11-12,14-15,17-18,20-21,23-24,26-27,29-30,32-33,35-36,54H,3-4,6,8-10,13,16,19,22,25,28,31,34,37-53,57H2,1-2H3,(H,60,61)/b7-5-,12-11-,15-14-,18-17-,21-20-,24-23-,27-26-,30-29-,33-32-,36-35-.